The van der Waals surface area contributed by atoms with Gasteiger partial charge in [0.2, 0.25) is 0 Å². The van der Waals surface area contributed by atoms with Crippen LogP contribution in [0.25, 0.3) is 0 Å². The second-order valence-electron chi connectivity index (χ2n) is 4.14. The van der Waals surface area contributed by atoms with E-state index < -0.39 is 0 Å². The molecule has 1 aliphatic rings. The Morgan fingerprint density at radius 1 is 1.32 bits per heavy atom. The van der Waals surface area contributed by atoms with Crippen molar-refractivity contribution in [3.05, 3.63) is 41.4 Å². The summed E-state index contributed by atoms with van der Waals surface area (Å²) in [5.74, 6) is 0.164. The molecular weight excluding hydrogens is 307 g/mol. The Balaban J connectivity index is 0.00000162. The third-order valence-electron chi connectivity index (χ3n) is 3.10. The maximum Gasteiger partial charge on any atom is 0.139 e. The SMILES string of the molecule is C=C[C@@H](c1cccc(Cl)c1O)N1CCNCC1.Cl.Cl. The first-order valence-electron chi connectivity index (χ1n) is 5.78. The highest BCUT2D eigenvalue weighted by molar-refractivity contribution is 6.32. The summed E-state index contributed by atoms with van der Waals surface area (Å²) in [4.78, 5) is 2.29. The first-order chi connectivity index (χ1) is 8.24. The molecule has 0 amide bonds. The summed E-state index contributed by atoms with van der Waals surface area (Å²) >= 11 is 5.94. The van der Waals surface area contributed by atoms with Crippen LogP contribution in [0.4, 0.5) is 0 Å². The Morgan fingerprint density at radius 2 is 1.95 bits per heavy atom. The number of nitrogens with zero attached hydrogens (tertiary/aromatic N) is 1. The van der Waals surface area contributed by atoms with Crippen LogP contribution in [0.5, 0.6) is 5.75 Å². The predicted molar refractivity (Wildman–Crippen MR) is 85.0 cm³/mol. The van der Waals surface area contributed by atoms with Crippen LogP contribution in [0, 0.1) is 0 Å². The second kappa shape index (κ2) is 8.67. The largest absolute Gasteiger partial charge is 0.506 e. The monoisotopic (exact) mass is 324 g/mol. The number of phenols is 1. The molecular formula is C13H19Cl3N2O. The van der Waals surface area contributed by atoms with Gasteiger partial charge >= 0.3 is 0 Å². The summed E-state index contributed by atoms with van der Waals surface area (Å²) < 4.78 is 0. The molecule has 3 nitrogen and oxygen atoms in total. The van der Waals surface area contributed by atoms with Crippen LogP contribution in [-0.2, 0) is 0 Å². The zero-order chi connectivity index (χ0) is 12.3. The molecule has 1 fully saturated rings. The molecule has 6 heteroatoms. The molecule has 2 rings (SSSR count). The third kappa shape index (κ3) is 4.26. The summed E-state index contributed by atoms with van der Waals surface area (Å²) in [5.41, 5.74) is 0.828. The van der Waals surface area contributed by atoms with Crippen molar-refractivity contribution >= 4 is 36.4 Å². The predicted octanol–water partition coefficient (Wildman–Crippen LogP) is 3.02. The van der Waals surface area contributed by atoms with E-state index in [1.165, 1.54) is 0 Å². The average Bonchev–Trinajstić information content (AvgIpc) is 2.37. The molecule has 0 saturated carbocycles. The van der Waals surface area contributed by atoms with E-state index in [0.717, 1.165) is 31.7 Å². The minimum Gasteiger partial charge on any atom is -0.506 e. The van der Waals surface area contributed by atoms with Gasteiger partial charge in [-0.3, -0.25) is 4.90 Å². The van der Waals surface area contributed by atoms with Crippen LogP contribution in [0.1, 0.15) is 11.6 Å². The number of halogens is 3. The van der Waals surface area contributed by atoms with Crippen molar-refractivity contribution in [1.82, 2.24) is 10.2 Å². The molecule has 0 aromatic heterocycles. The van der Waals surface area contributed by atoms with E-state index in [0.29, 0.717) is 5.02 Å². The molecule has 0 unspecified atom stereocenters. The molecule has 1 aromatic rings. The lowest BCUT2D eigenvalue weighted by molar-refractivity contribution is 0.201. The number of benzene rings is 1. The van der Waals surface area contributed by atoms with Crippen molar-refractivity contribution in [2.45, 2.75) is 6.04 Å². The van der Waals surface area contributed by atoms with Gasteiger partial charge in [-0.2, -0.15) is 0 Å². The number of piperazine rings is 1. The number of rotatable bonds is 3. The molecule has 2 N–H and O–H groups in total. The zero-order valence-electron chi connectivity index (χ0n) is 10.5. The third-order valence-corrected chi connectivity index (χ3v) is 3.41. The lowest BCUT2D eigenvalue weighted by Crippen LogP contribution is -2.44. The first kappa shape index (κ1) is 18.6. The zero-order valence-corrected chi connectivity index (χ0v) is 12.9. The van der Waals surface area contributed by atoms with E-state index in [2.05, 4.69) is 16.8 Å². The molecule has 108 valence electrons. The molecule has 19 heavy (non-hydrogen) atoms. The number of aromatic hydroxyl groups is 1. The highest BCUT2D eigenvalue weighted by atomic mass is 35.5. The van der Waals surface area contributed by atoms with Gasteiger partial charge in [-0.25, -0.2) is 0 Å². The van der Waals surface area contributed by atoms with Gasteiger partial charge in [-0.1, -0.05) is 29.8 Å². The van der Waals surface area contributed by atoms with Crippen molar-refractivity contribution in [1.29, 1.82) is 0 Å². The van der Waals surface area contributed by atoms with Gasteiger partial charge in [-0.05, 0) is 6.07 Å². The number of hydrogen-bond donors (Lipinski definition) is 2. The van der Waals surface area contributed by atoms with E-state index in [4.69, 9.17) is 11.6 Å². The van der Waals surface area contributed by atoms with Crippen LogP contribution >= 0.6 is 36.4 Å². The average molecular weight is 326 g/mol. The van der Waals surface area contributed by atoms with Gasteiger partial charge < -0.3 is 10.4 Å². The molecule has 0 radical (unpaired) electrons. The highest BCUT2D eigenvalue weighted by Crippen LogP contribution is 2.34. The smallest absolute Gasteiger partial charge is 0.139 e. The lowest BCUT2D eigenvalue weighted by Gasteiger charge is -2.33. The fourth-order valence-electron chi connectivity index (χ4n) is 2.20. The van der Waals surface area contributed by atoms with Gasteiger partial charge in [0, 0.05) is 31.7 Å². The summed E-state index contributed by atoms with van der Waals surface area (Å²) in [6, 6.07) is 5.47. The van der Waals surface area contributed by atoms with Crippen LogP contribution in [-0.4, -0.2) is 36.2 Å². The Hall–Kier alpha value is -0.450. The Kier molecular flexibility index (Phi) is 8.46. The van der Waals surface area contributed by atoms with Crippen LogP contribution < -0.4 is 5.32 Å². The summed E-state index contributed by atoms with van der Waals surface area (Å²) in [5, 5.41) is 13.7. The topological polar surface area (TPSA) is 35.5 Å². The molecule has 1 aromatic carbocycles. The Bertz CT molecular complexity index is 409. The fourth-order valence-corrected chi connectivity index (χ4v) is 2.39. The first-order valence-corrected chi connectivity index (χ1v) is 6.16. The Labute approximate surface area is 131 Å². The van der Waals surface area contributed by atoms with Crippen molar-refractivity contribution in [3.8, 4) is 5.75 Å². The molecule has 0 bridgehead atoms. The summed E-state index contributed by atoms with van der Waals surface area (Å²) in [6.45, 7) is 7.69. The molecule has 1 heterocycles. The molecule has 1 atom stereocenters. The van der Waals surface area contributed by atoms with Crippen molar-refractivity contribution in [3.63, 3.8) is 0 Å². The lowest BCUT2D eigenvalue weighted by atomic mass is 10.0. The number of hydrogen-bond acceptors (Lipinski definition) is 3. The minimum absolute atomic E-state index is 0. The van der Waals surface area contributed by atoms with Gasteiger partial charge in [0.25, 0.3) is 0 Å². The van der Waals surface area contributed by atoms with E-state index in [9.17, 15) is 5.11 Å². The van der Waals surface area contributed by atoms with Gasteiger partial charge in [-0.15, -0.1) is 31.4 Å². The standard InChI is InChI=1S/C13H17ClN2O.2ClH/c1-2-12(16-8-6-15-7-9-16)10-4-3-5-11(14)13(10)17;;/h2-5,12,15,17H,1,6-9H2;2*1H/t12-;;/m0../s1. The fraction of sp³-hybridized carbons (Fsp3) is 0.385. The summed E-state index contributed by atoms with van der Waals surface area (Å²) in [7, 11) is 0. The number of nitrogens with one attached hydrogen (secondary N) is 1. The number of para-hydroxylation sites is 1. The molecule has 0 aliphatic carbocycles. The van der Waals surface area contributed by atoms with Crippen molar-refractivity contribution in [2.75, 3.05) is 26.2 Å². The summed E-state index contributed by atoms with van der Waals surface area (Å²) in [6.07, 6.45) is 1.86. The quantitative estimate of drug-likeness (QED) is 0.839. The number of phenolic OH excluding ortho intramolecular Hbond substituents is 1. The van der Waals surface area contributed by atoms with Gasteiger partial charge in [0.1, 0.15) is 5.75 Å². The van der Waals surface area contributed by atoms with Crippen LogP contribution in [0.3, 0.4) is 0 Å². The van der Waals surface area contributed by atoms with Crippen LogP contribution in [0.2, 0.25) is 5.02 Å². The van der Waals surface area contributed by atoms with Gasteiger partial charge in [0.05, 0.1) is 11.1 Å². The molecule has 0 spiro atoms. The second-order valence-corrected chi connectivity index (χ2v) is 4.55. The van der Waals surface area contributed by atoms with Crippen LogP contribution in [0.15, 0.2) is 30.9 Å². The normalized spacial score (nSPS) is 16.9. The molecule has 1 saturated heterocycles. The highest BCUT2D eigenvalue weighted by Gasteiger charge is 2.22. The van der Waals surface area contributed by atoms with E-state index >= 15 is 0 Å². The maximum atomic E-state index is 10.0. The van der Waals surface area contributed by atoms with E-state index in [1.54, 1.807) is 6.07 Å². The molecule has 1 aliphatic heterocycles. The van der Waals surface area contributed by atoms with Gasteiger partial charge in [0.15, 0.2) is 0 Å². The Morgan fingerprint density at radius 3 is 2.53 bits per heavy atom. The van der Waals surface area contributed by atoms with Crippen molar-refractivity contribution < 1.29 is 5.11 Å². The van der Waals surface area contributed by atoms with E-state index in [-0.39, 0.29) is 36.6 Å². The maximum absolute atomic E-state index is 10.0. The van der Waals surface area contributed by atoms with Crippen molar-refractivity contribution in [2.24, 2.45) is 0 Å². The van der Waals surface area contributed by atoms with E-state index in [1.807, 2.05) is 18.2 Å². The minimum atomic E-state index is 0.